The number of nitrogens with one attached hydrogen (secondary N) is 1. The lowest BCUT2D eigenvalue weighted by Gasteiger charge is -2.14. The molecule has 1 unspecified atom stereocenters. The van der Waals surface area contributed by atoms with Gasteiger partial charge < -0.3 is 14.5 Å². The van der Waals surface area contributed by atoms with E-state index in [1.807, 2.05) is 30.3 Å². The topological polar surface area (TPSA) is 51.5 Å². The predicted octanol–water partition coefficient (Wildman–Crippen LogP) is 4.17. The Labute approximate surface area is 139 Å². The maximum absolute atomic E-state index is 12.1. The van der Waals surface area contributed by atoms with E-state index in [-0.39, 0.29) is 5.91 Å². The van der Waals surface area contributed by atoms with Gasteiger partial charge in [-0.25, -0.2) is 0 Å². The van der Waals surface area contributed by atoms with Crippen molar-refractivity contribution in [1.82, 2.24) is 5.32 Å². The zero-order chi connectivity index (χ0) is 16.2. The van der Waals surface area contributed by atoms with Gasteiger partial charge in [-0.3, -0.25) is 4.79 Å². The number of furan rings is 1. The van der Waals surface area contributed by atoms with Crippen LogP contribution in [0.1, 0.15) is 12.7 Å². The van der Waals surface area contributed by atoms with Crippen molar-refractivity contribution in [3.05, 3.63) is 65.4 Å². The minimum absolute atomic E-state index is 0.208. The summed E-state index contributed by atoms with van der Waals surface area (Å²) >= 11 is 5.82. The lowest BCUT2D eigenvalue weighted by atomic mass is 10.2. The van der Waals surface area contributed by atoms with Gasteiger partial charge in [0.15, 0.2) is 6.10 Å². The Hall–Kier alpha value is -2.46. The number of halogens is 1. The van der Waals surface area contributed by atoms with Crippen molar-refractivity contribution in [1.29, 1.82) is 0 Å². The third kappa shape index (κ3) is 3.85. The largest absolute Gasteiger partial charge is 0.481 e. The van der Waals surface area contributed by atoms with Crippen LogP contribution in [0.25, 0.3) is 11.0 Å². The molecule has 1 amide bonds. The summed E-state index contributed by atoms with van der Waals surface area (Å²) in [7, 11) is 0. The van der Waals surface area contributed by atoms with E-state index >= 15 is 0 Å². The molecule has 2 aromatic carbocycles. The van der Waals surface area contributed by atoms with Crippen LogP contribution in [-0.4, -0.2) is 12.0 Å². The second kappa shape index (κ2) is 6.75. The van der Waals surface area contributed by atoms with Crippen LogP contribution < -0.4 is 10.1 Å². The van der Waals surface area contributed by atoms with Crippen LogP contribution in [0, 0.1) is 0 Å². The van der Waals surface area contributed by atoms with Crippen LogP contribution in [0.2, 0.25) is 5.02 Å². The summed E-state index contributed by atoms with van der Waals surface area (Å²) in [5.74, 6) is 1.10. The van der Waals surface area contributed by atoms with Gasteiger partial charge in [-0.1, -0.05) is 29.8 Å². The molecular formula is C18H16ClNO3. The lowest BCUT2D eigenvalue weighted by Crippen LogP contribution is -2.35. The first-order valence-electron chi connectivity index (χ1n) is 7.29. The maximum Gasteiger partial charge on any atom is 0.261 e. The van der Waals surface area contributed by atoms with Crippen molar-refractivity contribution in [2.24, 2.45) is 0 Å². The smallest absolute Gasteiger partial charge is 0.261 e. The summed E-state index contributed by atoms with van der Waals surface area (Å²) in [6.07, 6.45) is -0.611. The summed E-state index contributed by atoms with van der Waals surface area (Å²) in [6, 6.07) is 16.5. The fourth-order valence-electron chi connectivity index (χ4n) is 2.21. The van der Waals surface area contributed by atoms with E-state index in [1.165, 1.54) is 0 Å². The minimum Gasteiger partial charge on any atom is -0.481 e. The molecule has 1 atom stereocenters. The van der Waals surface area contributed by atoms with E-state index in [9.17, 15) is 4.79 Å². The molecule has 0 aliphatic rings. The normalized spacial score (nSPS) is 12.1. The first-order chi connectivity index (χ1) is 11.1. The molecule has 118 valence electrons. The lowest BCUT2D eigenvalue weighted by molar-refractivity contribution is -0.127. The molecule has 5 heteroatoms. The Morgan fingerprint density at radius 2 is 1.96 bits per heavy atom. The van der Waals surface area contributed by atoms with E-state index in [1.54, 1.807) is 31.2 Å². The summed E-state index contributed by atoms with van der Waals surface area (Å²) in [5, 5.41) is 4.45. The molecule has 0 bridgehead atoms. The Kier molecular flexibility index (Phi) is 4.53. The molecule has 0 spiro atoms. The van der Waals surface area contributed by atoms with Gasteiger partial charge in [-0.2, -0.15) is 0 Å². The number of carbonyl (C=O) groups excluding carboxylic acids is 1. The highest BCUT2D eigenvalue weighted by Gasteiger charge is 2.15. The van der Waals surface area contributed by atoms with Crippen molar-refractivity contribution in [2.75, 3.05) is 0 Å². The van der Waals surface area contributed by atoms with Gasteiger partial charge >= 0.3 is 0 Å². The molecule has 0 saturated carbocycles. The molecule has 1 N–H and O–H groups in total. The van der Waals surface area contributed by atoms with E-state index in [4.69, 9.17) is 20.8 Å². The van der Waals surface area contributed by atoms with E-state index in [0.29, 0.717) is 23.1 Å². The molecular weight excluding hydrogens is 314 g/mol. The summed E-state index contributed by atoms with van der Waals surface area (Å²) in [6.45, 7) is 2.02. The van der Waals surface area contributed by atoms with E-state index in [0.717, 1.165) is 11.0 Å². The molecule has 1 heterocycles. The number of hydrogen-bond donors (Lipinski definition) is 1. The van der Waals surface area contributed by atoms with Gasteiger partial charge in [-0.05, 0) is 43.3 Å². The van der Waals surface area contributed by atoms with Crippen molar-refractivity contribution in [3.63, 3.8) is 0 Å². The number of rotatable bonds is 5. The van der Waals surface area contributed by atoms with Crippen molar-refractivity contribution < 1.29 is 13.9 Å². The Morgan fingerprint density at radius 3 is 2.70 bits per heavy atom. The monoisotopic (exact) mass is 329 g/mol. The molecule has 0 saturated heterocycles. The number of benzene rings is 2. The van der Waals surface area contributed by atoms with Crippen molar-refractivity contribution in [2.45, 2.75) is 19.6 Å². The molecule has 4 nitrogen and oxygen atoms in total. The van der Waals surface area contributed by atoms with Crippen LogP contribution in [-0.2, 0) is 11.3 Å². The molecule has 3 aromatic rings. The van der Waals surface area contributed by atoms with Crippen molar-refractivity contribution >= 4 is 28.5 Å². The van der Waals surface area contributed by atoms with Crippen LogP contribution >= 0.6 is 11.6 Å². The SMILES string of the molecule is CC(Oc1ccc(Cl)cc1)C(=O)NCc1cc2ccccc2o1. The zero-order valence-corrected chi connectivity index (χ0v) is 13.3. The van der Waals surface area contributed by atoms with Crippen LogP contribution in [0.5, 0.6) is 5.75 Å². The number of carbonyl (C=O) groups is 1. The highest BCUT2D eigenvalue weighted by molar-refractivity contribution is 6.30. The molecule has 23 heavy (non-hydrogen) atoms. The predicted molar refractivity (Wildman–Crippen MR) is 89.6 cm³/mol. The van der Waals surface area contributed by atoms with Crippen LogP contribution in [0.15, 0.2) is 59.0 Å². The number of ether oxygens (including phenoxy) is 1. The highest BCUT2D eigenvalue weighted by Crippen LogP contribution is 2.19. The molecule has 0 aliphatic heterocycles. The second-order valence-corrected chi connectivity index (χ2v) is 5.62. The molecule has 0 fully saturated rings. The van der Waals surface area contributed by atoms with Gasteiger partial charge in [0.25, 0.3) is 5.91 Å². The first-order valence-corrected chi connectivity index (χ1v) is 7.67. The number of amides is 1. The Bertz CT molecular complexity index is 778. The molecule has 0 aliphatic carbocycles. The number of hydrogen-bond acceptors (Lipinski definition) is 3. The average Bonchev–Trinajstić information content (AvgIpc) is 2.97. The van der Waals surface area contributed by atoms with Gasteiger partial charge in [0.05, 0.1) is 6.54 Å². The van der Waals surface area contributed by atoms with E-state index < -0.39 is 6.10 Å². The fraction of sp³-hybridized carbons (Fsp3) is 0.167. The summed E-state index contributed by atoms with van der Waals surface area (Å²) in [5.41, 5.74) is 0.808. The fourth-order valence-corrected chi connectivity index (χ4v) is 2.34. The van der Waals surface area contributed by atoms with Gasteiger partial charge in [-0.15, -0.1) is 0 Å². The Morgan fingerprint density at radius 1 is 1.22 bits per heavy atom. The minimum atomic E-state index is -0.611. The third-order valence-corrected chi connectivity index (χ3v) is 3.66. The van der Waals surface area contributed by atoms with Crippen molar-refractivity contribution in [3.8, 4) is 5.75 Å². The van der Waals surface area contributed by atoms with E-state index in [2.05, 4.69) is 5.32 Å². The van der Waals surface area contributed by atoms with Gasteiger partial charge in [0.1, 0.15) is 17.1 Å². The summed E-state index contributed by atoms with van der Waals surface area (Å²) in [4.78, 5) is 12.1. The Balaban J connectivity index is 1.56. The average molecular weight is 330 g/mol. The number of fused-ring (bicyclic) bond motifs is 1. The third-order valence-electron chi connectivity index (χ3n) is 3.41. The zero-order valence-electron chi connectivity index (χ0n) is 12.6. The van der Waals surface area contributed by atoms with Crippen LogP contribution in [0.4, 0.5) is 0 Å². The van der Waals surface area contributed by atoms with Crippen LogP contribution in [0.3, 0.4) is 0 Å². The van der Waals surface area contributed by atoms with Gasteiger partial charge in [0.2, 0.25) is 0 Å². The second-order valence-electron chi connectivity index (χ2n) is 5.18. The number of para-hydroxylation sites is 1. The molecule has 3 rings (SSSR count). The quantitative estimate of drug-likeness (QED) is 0.764. The van der Waals surface area contributed by atoms with Gasteiger partial charge in [0, 0.05) is 10.4 Å². The molecule has 1 aromatic heterocycles. The highest BCUT2D eigenvalue weighted by atomic mass is 35.5. The molecule has 0 radical (unpaired) electrons. The standard InChI is InChI=1S/C18H16ClNO3/c1-12(22-15-8-6-14(19)7-9-15)18(21)20-11-16-10-13-4-2-3-5-17(13)23-16/h2-10,12H,11H2,1H3,(H,20,21). The maximum atomic E-state index is 12.1. The summed E-state index contributed by atoms with van der Waals surface area (Å²) < 4.78 is 11.2. The first kappa shape index (κ1) is 15.4.